The van der Waals surface area contributed by atoms with Crippen LogP contribution in [-0.4, -0.2) is 20.7 Å². The summed E-state index contributed by atoms with van der Waals surface area (Å²) in [5, 5.41) is 12.1. The fourth-order valence-corrected chi connectivity index (χ4v) is 2.38. The Morgan fingerprint density at radius 1 is 1.45 bits per heavy atom. The van der Waals surface area contributed by atoms with Gasteiger partial charge in [0, 0.05) is 25.1 Å². The molecule has 1 N–H and O–H groups in total. The monoisotopic (exact) mass is 286 g/mol. The number of aryl methyl sites for hydroxylation is 1. The number of rotatable bonds is 4. The van der Waals surface area contributed by atoms with Crippen molar-refractivity contribution in [2.75, 3.05) is 5.32 Å². The van der Waals surface area contributed by atoms with Gasteiger partial charge in [0.05, 0.1) is 16.9 Å². The van der Waals surface area contributed by atoms with Crippen LogP contribution in [0.4, 0.5) is 5.69 Å². The molecule has 102 valence electrons. The summed E-state index contributed by atoms with van der Waals surface area (Å²) in [5.74, 6) is -0.0947. The summed E-state index contributed by atoms with van der Waals surface area (Å²) in [4.78, 5) is 16.2. The van der Waals surface area contributed by atoms with Gasteiger partial charge in [-0.1, -0.05) is 11.8 Å². The second-order valence-electron chi connectivity index (χ2n) is 4.26. The molecule has 0 radical (unpaired) electrons. The molecule has 1 heterocycles. The average Bonchev–Trinajstić information content (AvgIpc) is 2.85. The highest BCUT2D eigenvalue weighted by molar-refractivity contribution is 8.00. The van der Waals surface area contributed by atoms with Crippen LogP contribution in [0.15, 0.2) is 41.8 Å². The summed E-state index contributed by atoms with van der Waals surface area (Å²) >= 11 is 1.40. The van der Waals surface area contributed by atoms with E-state index >= 15 is 0 Å². The zero-order valence-electron chi connectivity index (χ0n) is 11.2. The molecule has 6 heteroatoms. The summed E-state index contributed by atoms with van der Waals surface area (Å²) in [6.45, 7) is 1.83. The third-order valence-corrected chi connectivity index (χ3v) is 3.88. The summed E-state index contributed by atoms with van der Waals surface area (Å²) in [7, 11) is 1.89. The Morgan fingerprint density at radius 2 is 2.15 bits per heavy atom. The van der Waals surface area contributed by atoms with Crippen LogP contribution in [0.3, 0.4) is 0 Å². The molecule has 5 nitrogen and oxygen atoms in total. The summed E-state index contributed by atoms with van der Waals surface area (Å²) in [6, 6.07) is 8.82. The number of benzene rings is 1. The molecule has 1 aromatic heterocycles. The predicted molar refractivity (Wildman–Crippen MR) is 78.3 cm³/mol. The Labute approximate surface area is 121 Å². The second-order valence-corrected chi connectivity index (χ2v) is 5.57. The number of hydrogen-bond acceptors (Lipinski definition) is 4. The number of amides is 1. The lowest BCUT2D eigenvalue weighted by atomic mass is 10.2. The van der Waals surface area contributed by atoms with E-state index in [-0.39, 0.29) is 11.2 Å². The molecule has 0 saturated carbocycles. The van der Waals surface area contributed by atoms with E-state index in [0.29, 0.717) is 11.3 Å². The predicted octanol–water partition coefficient (Wildman–Crippen LogP) is 2.41. The van der Waals surface area contributed by atoms with E-state index in [1.54, 1.807) is 30.5 Å². The molecule has 2 rings (SSSR count). The molecule has 2 aromatic rings. The molecule has 1 atom stereocenters. The van der Waals surface area contributed by atoms with Crippen LogP contribution >= 0.6 is 11.8 Å². The Balaban J connectivity index is 1.97. The first kappa shape index (κ1) is 14.2. The fourth-order valence-electron chi connectivity index (χ4n) is 1.55. The van der Waals surface area contributed by atoms with E-state index in [1.807, 2.05) is 30.8 Å². The van der Waals surface area contributed by atoms with Gasteiger partial charge >= 0.3 is 0 Å². The minimum Gasteiger partial charge on any atom is -0.329 e. The van der Waals surface area contributed by atoms with Gasteiger partial charge in [-0.05, 0) is 31.2 Å². The molecule has 0 spiro atoms. The zero-order chi connectivity index (χ0) is 14.5. The Kier molecular flexibility index (Phi) is 4.43. The van der Waals surface area contributed by atoms with Crippen molar-refractivity contribution in [3.63, 3.8) is 0 Å². The van der Waals surface area contributed by atoms with Gasteiger partial charge in [0.1, 0.15) is 0 Å². The van der Waals surface area contributed by atoms with E-state index in [2.05, 4.69) is 10.3 Å². The van der Waals surface area contributed by atoms with Crippen molar-refractivity contribution in [2.45, 2.75) is 17.3 Å². The Hall–Kier alpha value is -2.26. The molecule has 0 saturated heterocycles. The number of carbonyl (C=O) groups excluding carboxylic acids is 1. The molecule has 0 aliphatic carbocycles. The van der Waals surface area contributed by atoms with Gasteiger partial charge in [0.15, 0.2) is 5.16 Å². The summed E-state index contributed by atoms with van der Waals surface area (Å²) < 4.78 is 1.87. The maximum Gasteiger partial charge on any atom is 0.237 e. The number of hydrogen-bond donors (Lipinski definition) is 1. The number of anilines is 1. The molecule has 0 aliphatic rings. The molecule has 1 amide bonds. The van der Waals surface area contributed by atoms with E-state index < -0.39 is 0 Å². The second kappa shape index (κ2) is 6.26. The molecule has 20 heavy (non-hydrogen) atoms. The van der Waals surface area contributed by atoms with Crippen molar-refractivity contribution >= 4 is 23.4 Å². The molecule has 0 aliphatic heterocycles. The third-order valence-electron chi connectivity index (χ3n) is 2.71. The lowest BCUT2D eigenvalue weighted by Crippen LogP contribution is -2.22. The SMILES string of the molecule is C[C@@H](Sc1nccn1C)C(=O)Nc1ccc(C#N)cc1. The molecular weight excluding hydrogens is 272 g/mol. The number of nitriles is 1. The van der Waals surface area contributed by atoms with Crippen LogP contribution < -0.4 is 5.32 Å². The zero-order valence-corrected chi connectivity index (χ0v) is 12.0. The van der Waals surface area contributed by atoms with Crippen LogP contribution in [0.2, 0.25) is 0 Å². The van der Waals surface area contributed by atoms with Gasteiger partial charge in [0.25, 0.3) is 0 Å². The van der Waals surface area contributed by atoms with Gasteiger partial charge in [0.2, 0.25) is 5.91 Å². The Bertz CT molecular complexity index is 642. The summed E-state index contributed by atoms with van der Waals surface area (Å²) in [6.07, 6.45) is 3.54. The van der Waals surface area contributed by atoms with Crippen molar-refractivity contribution in [3.05, 3.63) is 42.2 Å². The molecule has 0 unspecified atom stereocenters. The lowest BCUT2D eigenvalue weighted by molar-refractivity contribution is -0.115. The van der Waals surface area contributed by atoms with E-state index in [9.17, 15) is 4.79 Å². The highest BCUT2D eigenvalue weighted by Crippen LogP contribution is 2.22. The van der Waals surface area contributed by atoms with Gasteiger partial charge in [-0.25, -0.2) is 4.98 Å². The van der Waals surface area contributed by atoms with E-state index in [0.717, 1.165) is 5.16 Å². The maximum atomic E-state index is 12.1. The topological polar surface area (TPSA) is 70.7 Å². The van der Waals surface area contributed by atoms with Crippen LogP contribution in [0.5, 0.6) is 0 Å². The van der Waals surface area contributed by atoms with Crippen LogP contribution in [-0.2, 0) is 11.8 Å². The smallest absolute Gasteiger partial charge is 0.237 e. The highest BCUT2D eigenvalue weighted by atomic mass is 32.2. The number of carbonyl (C=O) groups is 1. The van der Waals surface area contributed by atoms with Crippen molar-refractivity contribution in [1.29, 1.82) is 5.26 Å². The minimum atomic E-state index is -0.258. The number of aromatic nitrogens is 2. The van der Waals surface area contributed by atoms with E-state index in [1.165, 1.54) is 11.8 Å². The van der Waals surface area contributed by atoms with Crippen LogP contribution in [0, 0.1) is 11.3 Å². The quantitative estimate of drug-likeness (QED) is 0.876. The molecule has 0 bridgehead atoms. The molecular formula is C14H14N4OS. The molecule has 1 aromatic carbocycles. The number of thioether (sulfide) groups is 1. The number of imidazole rings is 1. The lowest BCUT2D eigenvalue weighted by Gasteiger charge is -2.11. The van der Waals surface area contributed by atoms with Crippen molar-refractivity contribution in [3.8, 4) is 6.07 Å². The van der Waals surface area contributed by atoms with Gasteiger partial charge in [-0.15, -0.1) is 0 Å². The standard InChI is InChI=1S/C14H14N4OS/c1-10(20-14-16-7-8-18(14)2)13(19)17-12-5-3-11(9-15)4-6-12/h3-8,10H,1-2H3,(H,17,19)/t10-/m1/s1. The van der Waals surface area contributed by atoms with Crippen molar-refractivity contribution in [1.82, 2.24) is 9.55 Å². The van der Waals surface area contributed by atoms with Crippen molar-refractivity contribution in [2.24, 2.45) is 7.05 Å². The third kappa shape index (κ3) is 3.39. The fraction of sp³-hybridized carbons (Fsp3) is 0.214. The van der Waals surface area contributed by atoms with Gasteiger partial charge in [-0.3, -0.25) is 4.79 Å². The van der Waals surface area contributed by atoms with E-state index in [4.69, 9.17) is 5.26 Å². The van der Waals surface area contributed by atoms with Crippen molar-refractivity contribution < 1.29 is 4.79 Å². The first-order chi connectivity index (χ1) is 9.60. The van der Waals surface area contributed by atoms with Gasteiger partial charge < -0.3 is 9.88 Å². The number of nitrogens with one attached hydrogen (secondary N) is 1. The first-order valence-corrected chi connectivity index (χ1v) is 6.93. The number of nitrogens with zero attached hydrogens (tertiary/aromatic N) is 3. The minimum absolute atomic E-state index is 0.0947. The normalized spacial score (nSPS) is 11.7. The summed E-state index contributed by atoms with van der Waals surface area (Å²) in [5.41, 5.74) is 1.25. The first-order valence-electron chi connectivity index (χ1n) is 6.05. The Morgan fingerprint density at radius 3 is 2.70 bits per heavy atom. The highest BCUT2D eigenvalue weighted by Gasteiger charge is 2.16. The van der Waals surface area contributed by atoms with Crippen LogP contribution in [0.1, 0.15) is 12.5 Å². The molecule has 0 fully saturated rings. The van der Waals surface area contributed by atoms with Gasteiger partial charge in [-0.2, -0.15) is 5.26 Å². The van der Waals surface area contributed by atoms with Crippen LogP contribution in [0.25, 0.3) is 0 Å². The average molecular weight is 286 g/mol. The maximum absolute atomic E-state index is 12.1. The largest absolute Gasteiger partial charge is 0.329 e.